The van der Waals surface area contributed by atoms with Gasteiger partial charge in [0.1, 0.15) is 17.5 Å². The van der Waals surface area contributed by atoms with Crippen LogP contribution in [0.15, 0.2) is 18.5 Å². The lowest BCUT2D eigenvalue weighted by Crippen LogP contribution is -2.17. The van der Waals surface area contributed by atoms with Gasteiger partial charge in [0.05, 0.1) is 6.54 Å². The molecular weight excluding hydrogens is 275 g/mol. The van der Waals surface area contributed by atoms with Crippen molar-refractivity contribution in [3.05, 3.63) is 30.1 Å². The van der Waals surface area contributed by atoms with Crippen molar-refractivity contribution >= 4 is 11.6 Å². The first-order chi connectivity index (χ1) is 9.40. The van der Waals surface area contributed by atoms with E-state index in [1.807, 2.05) is 0 Å². The molecule has 0 unspecified atom stereocenters. The highest BCUT2D eigenvalue weighted by atomic mass is 19.4. The van der Waals surface area contributed by atoms with Gasteiger partial charge in [0.15, 0.2) is 0 Å². The summed E-state index contributed by atoms with van der Waals surface area (Å²) >= 11 is 0. The van der Waals surface area contributed by atoms with Crippen molar-refractivity contribution in [1.82, 2.24) is 19.5 Å². The van der Waals surface area contributed by atoms with Gasteiger partial charge in [-0.05, 0) is 0 Å². The first-order valence-electron chi connectivity index (χ1n) is 5.53. The zero-order valence-electron chi connectivity index (χ0n) is 10.4. The molecule has 0 saturated carbocycles. The van der Waals surface area contributed by atoms with Crippen molar-refractivity contribution in [2.75, 3.05) is 10.7 Å². The monoisotopic (exact) mass is 287 g/mol. The fourth-order valence-corrected chi connectivity index (χ4v) is 1.47. The number of aryl methyl sites for hydroxylation is 1. The molecule has 10 heteroatoms. The number of imidazole rings is 1. The molecule has 20 heavy (non-hydrogen) atoms. The van der Waals surface area contributed by atoms with E-state index in [1.54, 1.807) is 24.0 Å². The van der Waals surface area contributed by atoms with Gasteiger partial charge in [-0.3, -0.25) is 0 Å². The highest BCUT2D eigenvalue weighted by molar-refractivity contribution is 5.47. The van der Waals surface area contributed by atoms with E-state index < -0.39 is 12.0 Å². The normalized spacial score (nSPS) is 11.4. The average molecular weight is 287 g/mol. The lowest BCUT2D eigenvalue weighted by molar-refractivity contribution is -0.144. The van der Waals surface area contributed by atoms with Crippen LogP contribution in [0.1, 0.15) is 11.6 Å². The highest BCUT2D eigenvalue weighted by Gasteiger charge is 2.35. The van der Waals surface area contributed by atoms with Crippen LogP contribution >= 0.6 is 0 Å². The zero-order valence-corrected chi connectivity index (χ0v) is 10.4. The fraction of sp³-hybridized carbons (Fsp3) is 0.300. The quantitative estimate of drug-likeness (QED) is 0.576. The molecule has 7 nitrogen and oxygen atoms in total. The number of alkyl halides is 3. The first kappa shape index (κ1) is 14.1. The molecule has 0 aromatic carbocycles. The van der Waals surface area contributed by atoms with Gasteiger partial charge in [0.25, 0.3) is 0 Å². The van der Waals surface area contributed by atoms with Gasteiger partial charge in [0.2, 0.25) is 5.82 Å². The number of halogens is 3. The van der Waals surface area contributed by atoms with Crippen molar-refractivity contribution in [2.45, 2.75) is 12.7 Å². The van der Waals surface area contributed by atoms with E-state index in [4.69, 9.17) is 5.84 Å². The van der Waals surface area contributed by atoms with Gasteiger partial charge in [-0.2, -0.15) is 13.2 Å². The summed E-state index contributed by atoms with van der Waals surface area (Å²) in [5.41, 5.74) is 2.07. The largest absolute Gasteiger partial charge is 0.451 e. The maximum absolute atomic E-state index is 12.6. The summed E-state index contributed by atoms with van der Waals surface area (Å²) in [6.07, 6.45) is -1.33. The standard InChI is InChI=1S/C10H12F3N7/c1-20-3-2-15-8(20)5-16-6-4-7(19-14)18-9(17-6)10(11,12)13/h2-4H,5,14H2,1H3,(H2,16,17,18,19). The van der Waals surface area contributed by atoms with Gasteiger partial charge >= 0.3 is 6.18 Å². The first-order valence-corrected chi connectivity index (χ1v) is 5.53. The second-order valence-electron chi connectivity index (χ2n) is 3.91. The smallest absolute Gasteiger partial charge is 0.363 e. The molecule has 108 valence electrons. The maximum atomic E-state index is 12.6. The number of hydrogen-bond donors (Lipinski definition) is 3. The van der Waals surface area contributed by atoms with Crippen molar-refractivity contribution in [3.63, 3.8) is 0 Å². The Kier molecular flexibility index (Phi) is 3.74. The number of nitrogens with one attached hydrogen (secondary N) is 2. The van der Waals surface area contributed by atoms with E-state index >= 15 is 0 Å². The second kappa shape index (κ2) is 5.33. The van der Waals surface area contributed by atoms with Crippen LogP contribution in [-0.4, -0.2) is 19.5 Å². The topological polar surface area (TPSA) is 93.7 Å². The van der Waals surface area contributed by atoms with Crippen LogP contribution in [0.2, 0.25) is 0 Å². The Hall–Kier alpha value is -2.36. The molecule has 0 spiro atoms. The predicted molar refractivity (Wildman–Crippen MR) is 65.4 cm³/mol. The molecule has 2 rings (SSSR count). The Labute approximate surface area is 112 Å². The van der Waals surface area contributed by atoms with E-state index in [0.29, 0.717) is 5.82 Å². The molecule has 4 N–H and O–H groups in total. The number of nitrogens with zero attached hydrogens (tertiary/aromatic N) is 4. The number of hydrogen-bond acceptors (Lipinski definition) is 6. The third kappa shape index (κ3) is 3.15. The van der Waals surface area contributed by atoms with Crippen molar-refractivity contribution in [2.24, 2.45) is 12.9 Å². The highest BCUT2D eigenvalue weighted by Crippen LogP contribution is 2.28. The van der Waals surface area contributed by atoms with Gasteiger partial charge in [-0.1, -0.05) is 0 Å². The summed E-state index contributed by atoms with van der Waals surface area (Å²) in [5, 5.41) is 2.75. The Bertz CT molecular complexity index is 593. The fourth-order valence-electron chi connectivity index (χ4n) is 1.47. The molecule has 0 aliphatic rings. The van der Waals surface area contributed by atoms with Crippen molar-refractivity contribution in [1.29, 1.82) is 0 Å². The van der Waals surface area contributed by atoms with Crippen LogP contribution in [0, 0.1) is 0 Å². The van der Waals surface area contributed by atoms with Crippen LogP contribution in [0.25, 0.3) is 0 Å². The van der Waals surface area contributed by atoms with Crippen LogP contribution in [0.4, 0.5) is 24.8 Å². The molecule has 0 amide bonds. The minimum Gasteiger partial charge on any atom is -0.363 e. The number of aromatic nitrogens is 4. The number of nitrogens with two attached hydrogens (primary N) is 1. The molecule has 0 saturated heterocycles. The predicted octanol–water partition coefficient (Wildman–Crippen LogP) is 1.13. The Morgan fingerprint density at radius 3 is 2.55 bits per heavy atom. The van der Waals surface area contributed by atoms with Gasteiger partial charge in [0, 0.05) is 25.5 Å². The molecule has 0 atom stereocenters. The third-order valence-corrected chi connectivity index (χ3v) is 2.48. The maximum Gasteiger partial charge on any atom is 0.451 e. The van der Waals surface area contributed by atoms with Crippen LogP contribution in [-0.2, 0) is 19.8 Å². The molecule has 2 aromatic heterocycles. The van der Waals surface area contributed by atoms with E-state index in [1.165, 1.54) is 6.07 Å². The van der Waals surface area contributed by atoms with E-state index in [9.17, 15) is 13.2 Å². The Balaban J connectivity index is 2.21. The van der Waals surface area contributed by atoms with E-state index in [-0.39, 0.29) is 18.2 Å². The summed E-state index contributed by atoms with van der Waals surface area (Å²) in [4.78, 5) is 10.7. The van der Waals surface area contributed by atoms with Gasteiger partial charge < -0.3 is 15.3 Å². The average Bonchev–Trinajstić information content (AvgIpc) is 2.80. The summed E-state index contributed by atoms with van der Waals surface area (Å²) < 4.78 is 39.6. The number of anilines is 2. The van der Waals surface area contributed by atoms with Crippen LogP contribution < -0.4 is 16.6 Å². The van der Waals surface area contributed by atoms with Crippen LogP contribution in [0.5, 0.6) is 0 Å². The van der Waals surface area contributed by atoms with Crippen LogP contribution in [0.3, 0.4) is 0 Å². The van der Waals surface area contributed by atoms with E-state index in [0.717, 1.165) is 0 Å². The number of hydrazine groups is 1. The summed E-state index contributed by atoms with van der Waals surface area (Å²) in [5.74, 6) is 4.35. The SMILES string of the molecule is Cn1ccnc1CNc1cc(NN)nc(C(F)(F)F)n1. The van der Waals surface area contributed by atoms with E-state index in [2.05, 4.69) is 25.7 Å². The Morgan fingerprint density at radius 1 is 1.30 bits per heavy atom. The lowest BCUT2D eigenvalue weighted by atomic mass is 10.4. The van der Waals surface area contributed by atoms with Gasteiger partial charge in [-0.25, -0.2) is 20.8 Å². The molecule has 2 heterocycles. The van der Waals surface area contributed by atoms with Crippen molar-refractivity contribution in [3.8, 4) is 0 Å². The molecule has 0 fully saturated rings. The third-order valence-electron chi connectivity index (χ3n) is 2.48. The molecule has 0 aliphatic carbocycles. The number of rotatable bonds is 4. The molecule has 0 bridgehead atoms. The molecule has 0 aliphatic heterocycles. The zero-order chi connectivity index (χ0) is 14.8. The summed E-state index contributed by atoms with van der Waals surface area (Å²) in [6, 6.07) is 1.28. The van der Waals surface area contributed by atoms with Gasteiger partial charge in [-0.15, -0.1) is 0 Å². The molecule has 0 radical (unpaired) electrons. The minimum absolute atomic E-state index is 0.00303. The van der Waals surface area contributed by atoms with Crippen molar-refractivity contribution < 1.29 is 13.2 Å². The summed E-state index contributed by atoms with van der Waals surface area (Å²) in [6.45, 7) is 0.224. The molecule has 2 aromatic rings. The number of nitrogen functional groups attached to an aromatic ring is 1. The second-order valence-corrected chi connectivity index (χ2v) is 3.91. The summed E-state index contributed by atoms with van der Waals surface area (Å²) in [7, 11) is 1.78. The minimum atomic E-state index is -4.65. The molecular formula is C10H12F3N7. The Morgan fingerprint density at radius 2 is 2.00 bits per heavy atom. The lowest BCUT2D eigenvalue weighted by Gasteiger charge is -2.11.